The molecule has 0 aliphatic carbocycles. The van der Waals surface area contributed by atoms with Gasteiger partial charge in [0.05, 0.1) is 12.7 Å². The first kappa shape index (κ1) is 23.9. The SMILES string of the molecule is C=CC[C@H]([C@H](C)CCO)[C@H](O)COC(c1ccccc1)(c1ccccc1)c1ccccc1. The molecule has 2 N–H and O–H groups in total. The van der Waals surface area contributed by atoms with Gasteiger partial charge in [0, 0.05) is 6.61 Å². The summed E-state index contributed by atoms with van der Waals surface area (Å²) in [6.07, 6.45) is 2.45. The van der Waals surface area contributed by atoms with Crippen LogP contribution in [-0.2, 0) is 10.3 Å². The number of benzene rings is 3. The smallest absolute Gasteiger partial charge is 0.143 e. The summed E-state index contributed by atoms with van der Waals surface area (Å²) in [5.41, 5.74) is 2.17. The minimum Gasteiger partial charge on any atom is -0.396 e. The van der Waals surface area contributed by atoms with Crippen LogP contribution >= 0.6 is 0 Å². The summed E-state index contributed by atoms with van der Waals surface area (Å²) < 4.78 is 6.76. The third-order valence-corrected chi connectivity index (χ3v) is 6.26. The Morgan fingerprint density at radius 3 is 1.66 bits per heavy atom. The highest BCUT2D eigenvalue weighted by Crippen LogP contribution is 2.41. The fourth-order valence-corrected chi connectivity index (χ4v) is 4.48. The normalized spacial score (nSPS) is 14.5. The molecule has 0 bridgehead atoms. The summed E-state index contributed by atoms with van der Waals surface area (Å²) in [5.74, 6) is 0.107. The maximum atomic E-state index is 11.2. The van der Waals surface area contributed by atoms with Crippen LogP contribution in [0.15, 0.2) is 104 Å². The molecule has 3 aromatic rings. The molecule has 168 valence electrons. The first-order chi connectivity index (χ1) is 15.6. The van der Waals surface area contributed by atoms with E-state index in [4.69, 9.17) is 4.74 Å². The molecule has 3 atom stereocenters. The molecule has 0 saturated heterocycles. The van der Waals surface area contributed by atoms with Gasteiger partial charge in [-0.3, -0.25) is 0 Å². The molecule has 0 unspecified atom stereocenters. The summed E-state index contributed by atoms with van der Waals surface area (Å²) in [7, 11) is 0. The molecule has 0 saturated carbocycles. The van der Waals surface area contributed by atoms with Crippen LogP contribution in [0.2, 0.25) is 0 Å². The van der Waals surface area contributed by atoms with E-state index in [1.165, 1.54) is 0 Å². The zero-order chi connectivity index (χ0) is 22.8. The highest BCUT2D eigenvalue weighted by molar-refractivity contribution is 5.47. The van der Waals surface area contributed by atoms with Crippen LogP contribution in [0, 0.1) is 11.8 Å². The minimum absolute atomic E-state index is 0.0420. The fraction of sp³-hybridized carbons (Fsp3) is 0.310. The van der Waals surface area contributed by atoms with Gasteiger partial charge in [0.15, 0.2) is 0 Å². The van der Waals surface area contributed by atoms with Crippen molar-refractivity contribution in [3.8, 4) is 0 Å². The van der Waals surface area contributed by atoms with E-state index in [2.05, 4.69) is 49.9 Å². The molecular weight excluding hydrogens is 396 g/mol. The van der Waals surface area contributed by atoms with Crippen LogP contribution in [-0.4, -0.2) is 29.5 Å². The second kappa shape index (κ2) is 11.8. The maximum absolute atomic E-state index is 11.2. The summed E-state index contributed by atoms with van der Waals surface area (Å²) >= 11 is 0. The molecule has 0 aliphatic heterocycles. The largest absolute Gasteiger partial charge is 0.396 e. The second-order valence-corrected chi connectivity index (χ2v) is 8.34. The van der Waals surface area contributed by atoms with Crippen molar-refractivity contribution in [2.45, 2.75) is 31.5 Å². The molecule has 32 heavy (non-hydrogen) atoms. The quantitative estimate of drug-likeness (QED) is 0.292. The van der Waals surface area contributed by atoms with Crippen molar-refractivity contribution < 1.29 is 14.9 Å². The lowest BCUT2D eigenvalue weighted by atomic mass is 9.79. The average Bonchev–Trinajstić information content (AvgIpc) is 2.85. The fourth-order valence-electron chi connectivity index (χ4n) is 4.48. The van der Waals surface area contributed by atoms with Gasteiger partial charge in [-0.2, -0.15) is 0 Å². The molecule has 0 aromatic heterocycles. The predicted octanol–water partition coefficient (Wildman–Crippen LogP) is 5.57. The Morgan fingerprint density at radius 2 is 1.28 bits per heavy atom. The van der Waals surface area contributed by atoms with Crippen molar-refractivity contribution in [3.63, 3.8) is 0 Å². The van der Waals surface area contributed by atoms with Crippen LogP contribution < -0.4 is 0 Å². The van der Waals surface area contributed by atoms with Gasteiger partial charge in [-0.15, -0.1) is 6.58 Å². The standard InChI is InChI=1S/C29H34O3/c1-3-13-27(23(2)20-21-30)28(31)22-32-29(24-14-7-4-8-15-24,25-16-9-5-10-17-25)26-18-11-6-12-19-26/h3-12,14-19,23,27-28,30-31H,1,13,20-22H2,2H3/t23-,27-,28-/m1/s1. The van der Waals surface area contributed by atoms with E-state index in [-0.39, 0.29) is 25.0 Å². The van der Waals surface area contributed by atoms with Crippen LogP contribution in [0.4, 0.5) is 0 Å². The zero-order valence-electron chi connectivity index (χ0n) is 18.8. The average molecular weight is 431 g/mol. The highest BCUT2D eigenvalue weighted by Gasteiger charge is 2.39. The number of aliphatic hydroxyl groups is 2. The van der Waals surface area contributed by atoms with Crippen LogP contribution in [0.5, 0.6) is 0 Å². The van der Waals surface area contributed by atoms with Gasteiger partial charge in [-0.1, -0.05) is 104 Å². The van der Waals surface area contributed by atoms with E-state index in [0.717, 1.165) is 16.7 Å². The van der Waals surface area contributed by atoms with E-state index in [0.29, 0.717) is 12.8 Å². The Bertz CT molecular complexity index is 828. The number of hydrogen-bond donors (Lipinski definition) is 2. The van der Waals surface area contributed by atoms with Crippen molar-refractivity contribution in [1.82, 2.24) is 0 Å². The Balaban J connectivity index is 2.04. The number of ether oxygens (including phenoxy) is 1. The Labute approximate surface area is 192 Å². The molecule has 0 amide bonds. The van der Waals surface area contributed by atoms with E-state index in [1.807, 2.05) is 60.7 Å². The molecule has 0 aliphatic rings. The summed E-state index contributed by atoms with van der Waals surface area (Å²) in [6.45, 7) is 6.19. The highest BCUT2D eigenvalue weighted by atomic mass is 16.5. The van der Waals surface area contributed by atoms with E-state index < -0.39 is 11.7 Å². The third-order valence-electron chi connectivity index (χ3n) is 6.26. The first-order valence-corrected chi connectivity index (χ1v) is 11.3. The van der Waals surface area contributed by atoms with Crippen molar-refractivity contribution >= 4 is 0 Å². The topological polar surface area (TPSA) is 49.7 Å². The molecule has 0 spiro atoms. The number of hydrogen-bond acceptors (Lipinski definition) is 3. The molecule has 3 aromatic carbocycles. The van der Waals surface area contributed by atoms with E-state index in [1.54, 1.807) is 0 Å². The van der Waals surface area contributed by atoms with Crippen molar-refractivity contribution in [3.05, 3.63) is 120 Å². The number of allylic oxidation sites excluding steroid dienone is 1. The van der Waals surface area contributed by atoms with Gasteiger partial charge in [0.1, 0.15) is 5.60 Å². The van der Waals surface area contributed by atoms with Gasteiger partial charge in [-0.25, -0.2) is 0 Å². The van der Waals surface area contributed by atoms with Crippen molar-refractivity contribution in [1.29, 1.82) is 0 Å². The second-order valence-electron chi connectivity index (χ2n) is 8.34. The van der Waals surface area contributed by atoms with Crippen LogP contribution in [0.3, 0.4) is 0 Å². The van der Waals surface area contributed by atoms with Crippen LogP contribution in [0.1, 0.15) is 36.5 Å². The summed E-state index contributed by atoms with van der Waals surface area (Å²) in [4.78, 5) is 0. The lowest BCUT2D eigenvalue weighted by Crippen LogP contribution is -2.38. The summed E-state index contributed by atoms with van der Waals surface area (Å²) in [5, 5.41) is 20.6. The van der Waals surface area contributed by atoms with Gasteiger partial charge < -0.3 is 14.9 Å². The van der Waals surface area contributed by atoms with Gasteiger partial charge in [0.25, 0.3) is 0 Å². The van der Waals surface area contributed by atoms with E-state index >= 15 is 0 Å². The zero-order valence-corrected chi connectivity index (χ0v) is 18.8. The molecule has 0 radical (unpaired) electrons. The van der Waals surface area contributed by atoms with Gasteiger partial charge >= 0.3 is 0 Å². The molecule has 0 heterocycles. The van der Waals surface area contributed by atoms with Crippen molar-refractivity contribution in [2.75, 3.05) is 13.2 Å². The minimum atomic E-state index is -0.857. The molecule has 3 nitrogen and oxygen atoms in total. The summed E-state index contributed by atoms with van der Waals surface area (Å²) in [6, 6.07) is 30.5. The lowest BCUT2D eigenvalue weighted by molar-refractivity contribution is -0.0640. The maximum Gasteiger partial charge on any atom is 0.143 e. The Hall–Kier alpha value is -2.72. The Kier molecular flexibility index (Phi) is 8.81. The molecule has 3 rings (SSSR count). The monoisotopic (exact) mass is 430 g/mol. The first-order valence-electron chi connectivity index (χ1n) is 11.3. The number of rotatable bonds is 12. The third kappa shape index (κ3) is 5.36. The van der Waals surface area contributed by atoms with Crippen LogP contribution in [0.25, 0.3) is 0 Å². The van der Waals surface area contributed by atoms with Gasteiger partial charge in [-0.05, 0) is 41.4 Å². The molecular formula is C29H34O3. The van der Waals surface area contributed by atoms with Crippen molar-refractivity contribution in [2.24, 2.45) is 11.8 Å². The molecule has 3 heteroatoms. The predicted molar refractivity (Wildman–Crippen MR) is 130 cm³/mol. The molecule has 0 fully saturated rings. The lowest BCUT2D eigenvalue weighted by Gasteiger charge is -2.38. The van der Waals surface area contributed by atoms with Gasteiger partial charge in [0.2, 0.25) is 0 Å². The van der Waals surface area contributed by atoms with E-state index in [9.17, 15) is 10.2 Å². The Morgan fingerprint density at radius 1 is 0.844 bits per heavy atom. The number of aliphatic hydroxyl groups excluding tert-OH is 2.